The van der Waals surface area contributed by atoms with Gasteiger partial charge < -0.3 is 20.5 Å². The molecule has 1 unspecified atom stereocenters. The van der Waals surface area contributed by atoms with Gasteiger partial charge in [-0.1, -0.05) is 0 Å². The van der Waals surface area contributed by atoms with Gasteiger partial charge in [-0.05, 0) is 19.1 Å². The number of aromatic nitrogens is 1. The number of methoxy groups -OCH3 is 1. The summed E-state index contributed by atoms with van der Waals surface area (Å²) in [6.45, 7) is 2.65. The molecule has 5 nitrogen and oxygen atoms in total. The van der Waals surface area contributed by atoms with E-state index in [9.17, 15) is 5.11 Å². The summed E-state index contributed by atoms with van der Waals surface area (Å²) in [4.78, 5) is 6.21. The zero-order valence-electron chi connectivity index (χ0n) is 9.97. The van der Waals surface area contributed by atoms with Gasteiger partial charge in [0.25, 0.3) is 0 Å². The zero-order chi connectivity index (χ0) is 12.1. The molecule has 0 radical (unpaired) electrons. The first-order valence-corrected chi connectivity index (χ1v) is 5.16. The second-order valence-corrected chi connectivity index (χ2v) is 3.83. The van der Waals surface area contributed by atoms with Gasteiger partial charge in [-0.15, -0.1) is 0 Å². The Kier molecular flexibility index (Phi) is 4.52. The molecule has 1 rings (SSSR count). The van der Waals surface area contributed by atoms with E-state index < -0.39 is 6.10 Å². The standard InChI is InChI=1S/C11H19N3O2/c1-8-10(12)4-5-11(13-8)14(2)6-9(15)7-16-3/h4-5,9,15H,6-7,12H2,1-3H3. The molecule has 0 aromatic carbocycles. The summed E-state index contributed by atoms with van der Waals surface area (Å²) < 4.78 is 4.87. The number of hydrogen-bond donors (Lipinski definition) is 2. The van der Waals surface area contributed by atoms with Gasteiger partial charge in [-0.3, -0.25) is 0 Å². The molecule has 1 atom stereocenters. The molecule has 0 spiro atoms. The van der Waals surface area contributed by atoms with E-state index in [-0.39, 0.29) is 0 Å². The second kappa shape index (κ2) is 5.67. The van der Waals surface area contributed by atoms with E-state index in [4.69, 9.17) is 10.5 Å². The van der Waals surface area contributed by atoms with E-state index in [1.165, 1.54) is 0 Å². The van der Waals surface area contributed by atoms with Crippen molar-refractivity contribution in [2.75, 3.05) is 37.9 Å². The van der Waals surface area contributed by atoms with E-state index in [0.717, 1.165) is 11.5 Å². The monoisotopic (exact) mass is 225 g/mol. The summed E-state index contributed by atoms with van der Waals surface area (Å²) in [5, 5.41) is 9.59. The lowest BCUT2D eigenvalue weighted by molar-refractivity contribution is 0.0694. The van der Waals surface area contributed by atoms with Gasteiger partial charge in [-0.2, -0.15) is 0 Å². The first-order chi connectivity index (χ1) is 7.54. The van der Waals surface area contributed by atoms with Crippen LogP contribution in [0.3, 0.4) is 0 Å². The average molecular weight is 225 g/mol. The number of nitrogens with zero attached hydrogens (tertiary/aromatic N) is 2. The van der Waals surface area contributed by atoms with Crippen molar-refractivity contribution in [3.63, 3.8) is 0 Å². The molecule has 0 aliphatic rings. The molecule has 0 fully saturated rings. The minimum Gasteiger partial charge on any atom is -0.397 e. The van der Waals surface area contributed by atoms with E-state index >= 15 is 0 Å². The van der Waals surface area contributed by atoms with Gasteiger partial charge in [-0.25, -0.2) is 4.98 Å². The molecule has 0 amide bonds. The molecule has 0 aliphatic heterocycles. The van der Waals surface area contributed by atoms with Gasteiger partial charge in [0.2, 0.25) is 0 Å². The lowest BCUT2D eigenvalue weighted by Crippen LogP contribution is -2.32. The SMILES string of the molecule is COCC(O)CN(C)c1ccc(N)c(C)n1. The summed E-state index contributed by atoms with van der Waals surface area (Å²) in [6.07, 6.45) is -0.519. The van der Waals surface area contributed by atoms with Crippen LogP contribution in [0.5, 0.6) is 0 Å². The third-order valence-electron chi connectivity index (χ3n) is 2.35. The Balaban J connectivity index is 2.65. The Labute approximate surface area is 95.8 Å². The van der Waals surface area contributed by atoms with Crippen molar-refractivity contribution < 1.29 is 9.84 Å². The van der Waals surface area contributed by atoms with Gasteiger partial charge >= 0.3 is 0 Å². The fraction of sp³-hybridized carbons (Fsp3) is 0.545. The van der Waals surface area contributed by atoms with Crippen molar-refractivity contribution >= 4 is 11.5 Å². The van der Waals surface area contributed by atoms with Crippen LogP contribution in [0.1, 0.15) is 5.69 Å². The molecule has 0 aliphatic carbocycles. The highest BCUT2D eigenvalue weighted by Crippen LogP contribution is 2.15. The molecule has 0 saturated heterocycles. The van der Waals surface area contributed by atoms with Crippen LogP contribution < -0.4 is 10.6 Å². The maximum atomic E-state index is 9.59. The molecule has 5 heteroatoms. The second-order valence-electron chi connectivity index (χ2n) is 3.83. The third kappa shape index (κ3) is 3.36. The topological polar surface area (TPSA) is 71.6 Å². The quantitative estimate of drug-likeness (QED) is 0.759. The van der Waals surface area contributed by atoms with Crippen molar-refractivity contribution in [2.24, 2.45) is 0 Å². The summed E-state index contributed by atoms with van der Waals surface area (Å²) in [6, 6.07) is 3.65. The van der Waals surface area contributed by atoms with Crippen molar-refractivity contribution in [3.8, 4) is 0 Å². The largest absolute Gasteiger partial charge is 0.397 e. The fourth-order valence-electron chi connectivity index (χ4n) is 1.43. The number of pyridine rings is 1. The molecule has 0 saturated carbocycles. The van der Waals surface area contributed by atoms with E-state index in [1.54, 1.807) is 7.11 Å². The number of aryl methyl sites for hydroxylation is 1. The fourth-order valence-corrected chi connectivity index (χ4v) is 1.43. The zero-order valence-corrected chi connectivity index (χ0v) is 9.97. The first kappa shape index (κ1) is 12.7. The molecule has 0 bridgehead atoms. The highest BCUT2D eigenvalue weighted by atomic mass is 16.5. The van der Waals surface area contributed by atoms with Gasteiger partial charge in [0.05, 0.1) is 24.1 Å². The van der Waals surface area contributed by atoms with Crippen LogP contribution in [-0.4, -0.2) is 43.5 Å². The summed E-state index contributed by atoms with van der Waals surface area (Å²) in [5.74, 6) is 0.793. The van der Waals surface area contributed by atoms with Crippen LogP contribution >= 0.6 is 0 Å². The smallest absolute Gasteiger partial charge is 0.128 e. The Hall–Kier alpha value is -1.33. The van der Waals surface area contributed by atoms with Crippen molar-refractivity contribution in [3.05, 3.63) is 17.8 Å². The number of hydrogen-bond acceptors (Lipinski definition) is 5. The van der Waals surface area contributed by atoms with Crippen LogP contribution in [-0.2, 0) is 4.74 Å². The van der Waals surface area contributed by atoms with Gasteiger partial charge in [0, 0.05) is 20.7 Å². The number of nitrogens with two attached hydrogens (primary N) is 1. The highest BCUT2D eigenvalue weighted by Gasteiger charge is 2.10. The highest BCUT2D eigenvalue weighted by molar-refractivity contribution is 5.50. The number of nitrogen functional groups attached to an aromatic ring is 1. The Morgan fingerprint density at radius 1 is 1.56 bits per heavy atom. The average Bonchev–Trinajstić information content (AvgIpc) is 2.22. The summed E-state index contributed by atoms with van der Waals surface area (Å²) in [5.41, 5.74) is 7.16. The number of ether oxygens (including phenoxy) is 1. The van der Waals surface area contributed by atoms with Crippen molar-refractivity contribution in [1.82, 2.24) is 4.98 Å². The molecule has 3 N–H and O–H groups in total. The van der Waals surface area contributed by atoms with Crippen LogP contribution in [0.25, 0.3) is 0 Å². The predicted octanol–water partition coefficient (Wildman–Crippen LogP) is 0.416. The maximum absolute atomic E-state index is 9.59. The first-order valence-electron chi connectivity index (χ1n) is 5.16. The van der Waals surface area contributed by atoms with E-state index in [2.05, 4.69) is 4.98 Å². The normalized spacial score (nSPS) is 12.5. The molecule has 90 valence electrons. The Morgan fingerprint density at radius 3 is 2.81 bits per heavy atom. The minimum absolute atomic E-state index is 0.318. The van der Waals surface area contributed by atoms with Crippen LogP contribution in [0, 0.1) is 6.92 Å². The van der Waals surface area contributed by atoms with E-state index in [0.29, 0.717) is 18.8 Å². The van der Waals surface area contributed by atoms with Crippen molar-refractivity contribution in [1.29, 1.82) is 0 Å². The van der Waals surface area contributed by atoms with E-state index in [1.807, 2.05) is 31.0 Å². The molecule has 16 heavy (non-hydrogen) atoms. The molecule has 1 aromatic heterocycles. The lowest BCUT2D eigenvalue weighted by Gasteiger charge is -2.21. The number of aliphatic hydroxyl groups is 1. The minimum atomic E-state index is -0.519. The Bertz CT molecular complexity index is 344. The molecular weight excluding hydrogens is 206 g/mol. The molecule has 1 heterocycles. The third-order valence-corrected chi connectivity index (χ3v) is 2.35. The van der Waals surface area contributed by atoms with Gasteiger partial charge in [0.15, 0.2) is 0 Å². The molecular formula is C11H19N3O2. The van der Waals surface area contributed by atoms with Crippen LogP contribution in [0.4, 0.5) is 11.5 Å². The van der Waals surface area contributed by atoms with Gasteiger partial charge in [0.1, 0.15) is 5.82 Å². The van der Waals surface area contributed by atoms with Crippen LogP contribution in [0.2, 0.25) is 0 Å². The van der Waals surface area contributed by atoms with Crippen LogP contribution in [0.15, 0.2) is 12.1 Å². The number of rotatable bonds is 5. The number of aliphatic hydroxyl groups excluding tert-OH is 1. The number of likely N-dealkylation sites (N-methyl/N-ethyl adjacent to an activating group) is 1. The molecule has 1 aromatic rings. The predicted molar refractivity (Wildman–Crippen MR) is 64.5 cm³/mol. The number of anilines is 2. The maximum Gasteiger partial charge on any atom is 0.128 e. The lowest BCUT2D eigenvalue weighted by atomic mass is 10.3. The summed E-state index contributed by atoms with van der Waals surface area (Å²) >= 11 is 0. The Morgan fingerprint density at radius 2 is 2.25 bits per heavy atom. The van der Waals surface area contributed by atoms with Crippen molar-refractivity contribution in [2.45, 2.75) is 13.0 Å². The summed E-state index contributed by atoms with van der Waals surface area (Å²) in [7, 11) is 3.44.